The molecule has 0 spiro atoms. The molecule has 1 aromatic rings. The first-order valence-electron chi connectivity index (χ1n) is 10.1. The van der Waals surface area contributed by atoms with Crippen LogP contribution in [-0.4, -0.2) is 72.2 Å². The van der Waals surface area contributed by atoms with E-state index in [1.54, 1.807) is 0 Å². The second-order valence-corrected chi connectivity index (χ2v) is 6.85. The molecule has 7 heteroatoms. The molecule has 2 heterocycles. The highest BCUT2D eigenvalue weighted by Gasteiger charge is 2.22. The van der Waals surface area contributed by atoms with Crippen LogP contribution in [0.2, 0.25) is 0 Å². The van der Waals surface area contributed by atoms with Crippen molar-refractivity contribution in [2.24, 2.45) is 4.99 Å². The molecule has 2 fully saturated rings. The van der Waals surface area contributed by atoms with Gasteiger partial charge >= 0.3 is 0 Å². The zero-order valence-corrected chi connectivity index (χ0v) is 16.7. The minimum absolute atomic E-state index is 0.769. The largest absolute Gasteiger partial charge is 0.378 e. The molecule has 0 unspecified atom stereocenters. The summed E-state index contributed by atoms with van der Waals surface area (Å²) in [6.45, 7) is 9.81. The minimum atomic E-state index is 0.769. The fourth-order valence-corrected chi connectivity index (χ4v) is 3.47. The number of ether oxygens (including phenoxy) is 2. The van der Waals surface area contributed by atoms with Gasteiger partial charge in [0, 0.05) is 39.8 Å². The summed E-state index contributed by atoms with van der Waals surface area (Å²) in [5, 5.41) is 7.02. The quantitative estimate of drug-likeness (QED) is 0.451. The Morgan fingerprint density at radius 1 is 1.00 bits per heavy atom. The highest BCUT2D eigenvalue weighted by Crippen LogP contribution is 2.36. The zero-order valence-electron chi connectivity index (χ0n) is 16.7. The molecule has 0 aromatic heterocycles. The van der Waals surface area contributed by atoms with Crippen molar-refractivity contribution in [2.45, 2.75) is 19.8 Å². The Labute approximate surface area is 162 Å². The summed E-state index contributed by atoms with van der Waals surface area (Å²) in [6, 6.07) is 6.53. The van der Waals surface area contributed by atoms with Crippen LogP contribution in [0.1, 0.15) is 19.8 Å². The molecule has 27 heavy (non-hydrogen) atoms. The summed E-state index contributed by atoms with van der Waals surface area (Å²) in [7, 11) is 1.83. The number of guanidine groups is 1. The van der Waals surface area contributed by atoms with Crippen LogP contribution in [0.25, 0.3) is 0 Å². The third-order valence-electron chi connectivity index (χ3n) is 5.01. The average Bonchev–Trinajstić information content (AvgIpc) is 2.74. The smallest absolute Gasteiger partial charge is 0.195 e. The van der Waals surface area contributed by atoms with Gasteiger partial charge in [-0.3, -0.25) is 4.99 Å². The first-order chi connectivity index (χ1) is 13.3. The topological polar surface area (TPSA) is 61.4 Å². The minimum Gasteiger partial charge on any atom is -0.378 e. The second kappa shape index (κ2) is 10.4. The number of morpholine rings is 2. The average molecular weight is 376 g/mol. The van der Waals surface area contributed by atoms with Crippen molar-refractivity contribution in [1.82, 2.24) is 5.32 Å². The van der Waals surface area contributed by atoms with E-state index in [9.17, 15) is 0 Å². The lowest BCUT2D eigenvalue weighted by atomic mass is 10.1. The fourth-order valence-electron chi connectivity index (χ4n) is 3.47. The van der Waals surface area contributed by atoms with Crippen LogP contribution >= 0.6 is 0 Å². The molecule has 0 radical (unpaired) electrons. The Morgan fingerprint density at radius 2 is 1.56 bits per heavy atom. The molecular formula is C20H33N5O2. The van der Waals surface area contributed by atoms with Crippen molar-refractivity contribution in [3.05, 3.63) is 18.2 Å². The third-order valence-corrected chi connectivity index (χ3v) is 5.01. The number of hydrogen-bond donors (Lipinski definition) is 2. The molecule has 2 N–H and O–H groups in total. The van der Waals surface area contributed by atoms with E-state index in [-0.39, 0.29) is 0 Å². The van der Waals surface area contributed by atoms with Crippen molar-refractivity contribution in [1.29, 1.82) is 0 Å². The van der Waals surface area contributed by atoms with Crippen molar-refractivity contribution < 1.29 is 9.47 Å². The summed E-state index contributed by atoms with van der Waals surface area (Å²) >= 11 is 0. The molecule has 0 amide bonds. The highest BCUT2D eigenvalue weighted by molar-refractivity contribution is 6.01. The van der Waals surface area contributed by atoms with E-state index in [1.165, 1.54) is 11.4 Å². The maximum absolute atomic E-state index is 5.55. The molecule has 0 aliphatic carbocycles. The van der Waals surface area contributed by atoms with Crippen LogP contribution < -0.4 is 20.4 Å². The van der Waals surface area contributed by atoms with E-state index in [4.69, 9.17) is 9.47 Å². The third kappa shape index (κ3) is 5.26. The number of hydrogen-bond acceptors (Lipinski definition) is 5. The lowest BCUT2D eigenvalue weighted by Gasteiger charge is -2.35. The normalized spacial score (nSPS) is 18.5. The van der Waals surface area contributed by atoms with Gasteiger partial charge in [-0.05, 0) is 18.6 Å². The predicted molar refractivity (Wildman–Crippen MR) is 112 cm³/mol. The van der Waals surface area contributed by atoms with Gasteiger partial charge in [-0.25, -0.2) is 0 Å². The number of nitrogens with zero attached hydrogens (tertiary/aromatic N) is 3. The molecule has 3 rings (SSSR count). The SMILES string of the molecule is CCCCNC(=NC)Nc1c(N2CCOCC2)cccc1N1CCOCC1. The number of anilines is 3. The van der Waals surface area contributed by atoms with E-state index in [0.717, 1.165) is 83.6 Å². The van der Waals surface area contributed by atoms with Gasteiger partial charge < -0.3 is 29.9 Å². The van der Waals surface area contributed by atoms with E-state index in [0.29, 0.717) is 0 Å². The van der Waals surface area contributed by atoms with E-state index < -0.39 is 0 Å². The molecule has 1 aromatic carbocycles. The summed E-state index contributed by atoms with van der Waals surface area (Å²) in [5.74, 6) is 0.818. The Balaban J connectivity index is 1.88. The second-order valence-electron chi connectivity index (χ2n) is 6.85. The molecule has 2 aliphatic rings. The molecule has 0 saturated carbocycles. The number of benzene rings is 1. The van der Waals surface area contributed by atoms with Crippen LogP contribution in [0, 0.1) is 0 Å². The van der Waals surface area contributed by atoms with Gasteiger partial charge in [-0.1, -0.05) is 19.4 Å². The summed E-state index contributed by atoms with van der Waals surface area (Å²) < 4.78 is 11.1. The number of aliphatic imine (C=N–C) groups is 1. The van der Waals surface area contributed by atoms with Crippen molar-refractivity contribution >= 4 is 23.0 Å². The van der Waals surface area contributed by atoms with Gasteiger partial charge in [0.05, 0.1) is 43.5 Å². The van der Waals surface area contributed by atoms with Crippen molar-refractivity contribution in [2.75, 3.05) is 81.3 Å². The van der Waals surface area contributed by atoms with Gasteiger partial charge in [-0.15, -0.1) is 0 Å². The maximum atomic E-state index is 5.55. The number of para-hydroxylation sites is 1. The Kier molecular flexibility index (Phi) is 7.59. The van der Waals surface area contributed by atoms with Gasteiger partial charge in [0.1, 0.15) is 0 Å². The van der Waals surface area contributed by atoms with E-state index in [2.05, 4.69) is 50.5 Å². The van der Waals surface area contributed by atoms with Gasteiger partial charge in [0.25, 0.3) is 0 Å². The molecule has 0 bridgehead atoms. The van der Waals surface area contributed by atoms with Crippen LogP contribution in [-0.2, 0) is 9.47 Å². The Bertz CT molecular complexity index is 574. The first-order valence-corrected chi connectivity index (χ1v) is 10.1. The first kappa shape index (κ1) is 19.8. The van der Waals surface area contributed by atoms with Gasteiger partial charge in [0.2, 0.25) is 0 Å². The van der Waals surface area contributed by atoms with Crippen LogP contribution in [0.15, 0.2) is 23.2 Å². The lowest BCUT2D eigenvalue weighted by Crippen LogP contribution is -2.40. The molecule has 2 saturated heterocycles. The summed E-state index contributed by atoms with van der Waals surface area (Å²) in [6.07, 6.45) is 2.29. The maximum Gasteiger partial charge on any atom is 0.195 e. The monoisotopic (exact) mass is 375 g/mol. The number of nitrogens with one attached hydrogen (secondary N) is 2. The standard InChI is InChI=1S/C20H33N5O2/c1-3-4-8-22-20(21-2)23-19-17(24-9-13-26-14-10-24)6-5-7-18(19)25-11-15-27-16-12-25/h5-7H,3-4,8-16H2,1-2H3,(H2,21,22,23). The fraction of sp³-hybridized carbons (Fsp3) is 0.650. The van der Waals surface area contributed by atoms with Crippen LogP contribution in [0.3, 0.4) is 0 Å². The Morgan fingerprint density at radius 3 is 2.04 bits per heavy atom. The number of rotatable bonds is 6. The molecule has 0 atom stereocenters. The molecular weight excluding hydrogens is 342 g/mol. The van der Waals surface area contributed by atoms with Crippen molar-refractivity contribution in [3.8, 4) is 0 Å². The van der Waals surface area contributed by atoms with E-state index in [1.807, 2.05) is 7.05 Å². The Hall–Kier alpha value is -1.99. The summed E-state index contributed by atoms with van der Waals surface area (Å²) in [5.41, 5.74) is 3.53. The molecule has 2 aliphatic heterocycles. The molecule has 150 valence electrons. The molecule has 7 nitrogen and oxygen atoms in total. The highest BCUT2D eigenvalue weighted by atomic mass is 16.5. The van der Waals surface area contributed by atoms with Crippen molar-refractivity contribution in [3.63, 3.8) is 0 Å². The number of unbranched alkanes of at least 4 members (excludes halogenated alkanes) is 1. The van der Waals surface area contributed by atoms with Gasteiger partial charge in [0.15, 0.2) is 5.96 Å². The zero-order chi connectivity index (χ0) is 18.9. The summed E-state index contributed by atoms with van der Waals surface area (Å²) in [4.78, 5) is 9.23. The predicted octanol–water partition coefficient (Wildman–Crippen LogP) is 2.15. The van der Waals surface area contributed by atoms with Gasteiger partial charge in [-0.2, -0.15) is 0 Å². The van der Waals surface area contributed by atoms with Crippen LogP contribution in [0.4, 0.5) is 17.1 Å². The van der Waals surface area contributed by atoms with Crippen LogP contribution in [0.5, 0.6) is 0 Å². The lowest BCUT2D eigenvalue weighted by molar-refractivity contribution is 0.122. The van der Waals surface area contributed by atoms with E-state index >= 15 is 0 Å².